The quantitative estimate of drug-likeness (QED) is 0.847. The van der Waals surface area contributed by atoms with E-state index in [1.807, 2.05) is 26.0 Å². The zero-order valence-corrected chi connectivity index (χ0v) is 11.4. The molecule has 1 atom stereocenters. The van der Waals surface area contributed by atoms with Crippen molar-refractivity contribution >= 4 is 11.8 Å². The number of fused-ring (bicyclic) bond motifs is 1. The third kappa shape index (κ3) is 2.78. The van der Waals surface area contributed by atoms with Gasteiger partial charge in [-0.1, -0.05) is 19.1 Å². The lowest BCUT2D eigenvalue weighted by Crippen LogP contribution is -2.25. The molecule has 0 radical (unpaired) electrons. The van der Waals surface area contributed by atoms with Gasteiger partial charge in [0.1, 0.15) is 11.4 Å². The van der Waals surface area contributed by atoms with Crippen molar-refractivity contribution in [1.82, 2.24) is 0 Å². The van der Waals surface area contributed by atoms with E-state index < -0.39 is 11.9 Å². The van der Waals surface area contributed by atoms with E-state index in [1.54, 1.807) is 6.07 Å². The van der Waals surface area contributed by atoms with Crippen molar-refractivity contribution in [2.75, 3.05) is 0 Å². The molecule has 0 amide bonds. The Morgan fingerprint density at radius 3 is 2.74 bits per heavy atom. The van der Waals surface area contributed by atoms with Gasteiger partial charge in [0.05, 0.1) is 11.5 Å². The topological polar surface area (TPSA) is 63.6 Å². The summed E-state index contributed by atoms with van der Waals surface area (Å²) in [5.74, 6) is -1.19. The smallest absolute Gasteiger partial charge is 0.306 e. The standard InChI is InChI=1S/C15H18O4/c1-9(14(17)18)7-12(16)11-6-4-5-10-8-15(2,3)19-13(10)11/h4-6,9H,7-8H2,1-3H3,(H,17,18). The van der Waals surface area contributed by atoms with Gasteiger partial charge in [0, 0.05) is 12.8 Å². The number of para-hydroxylation sites is 1. The fourth-order valence-corrected chi connectivity index (χ4v) is 2.31. The van der Waals surface area contributed by atoms with Crippen molar-refractivity contribution in [3.63, 3.8) is 0 Å². The second kappa shape index (κ2) is 4.68. The lowest BCUT2D eigenvalue weighted by atomic mass is 9.96. The lowest BCUT2D eigenvalue weighted by Gasteiger charge is -2.18. The first-order chi connectivity index (χ1) is 8.80. The summed E-state index contributed by atoms with van der Waals surface area (Å²) in [6, 6.07) is 5.47. The average Bonchev–Trinajstić information content (AvgIpc) is 2.61. The van der Waals surface area contributed by atoms with Gasteiger partial charge >= 0.3 is 5.97 Å². The Hall–Kier alpha value is -1.84. The molecule has 4 heteroatoms. The minimum absolute atomic E-state index is 0.00439. The van der Waals surface area contributed by atoms with Gasteiger partial charge in [-0.2, -0.15) is 0 Å². The highest BCUT2D eigenvalue weighted by Crippen LogP contribution is 2.38. The van der Waals surface area contributed by atoms with Crippen LogP contribution in [-0.2, 0) is 11.2 Å². The summed E-state index contributed by atoms with van der Waals surface area (Å²) < 4.78 is 5.82. The maximum absolute atomic E-state index is 12.2. The highest BCUT2D eigenvalue weighted by molar-refractivity contribution is 6.00. The summed E-state index contributed by atoms with van der Waals surface area (Å²) in [5, 5.41) is 8.87. The van der Waals surface area contributed by atoms with Gasteiger partial charge in [0.25, 0.3) is 0 Å². The molecule has 1 heterocycles. The zero-order chi connectivity index (χ0) is 14.2. The molecule has 0 spiro atoms. The highest BCUT2D eigenvalue weighted by Gasteiger charge is 2.33. The molecule has 102 valence electrons. The van der Waals surface area contributed by atoms with E-state index in [2.05, 4.69) is 0 Å². The van der Waals surface area contributed by atoms with Gasteiger partial charge in [-0.05, 0) is 25.5 Å². The van der Waals surface area contributed by atoms with E-state index in [0.717, 1.165) is 12.0 Å². The largest absolute Gasteiger partial charge is 0.486 e. The van der Waals surface area contributed by atoms with Gasteiger partial charge < -0.3 is 9.84 Å². The molecule has 19 heavy (non-hydrogen) atoms. The molecule has 2 rings (SSSR count). The van der Waals surface area contributed by atoms with E-state index >= 15 is 0 Å². The molecule has 1 aliphatic rings. The summed E-state index contributed by atoms with van der Waals surface area (Å²) in [6.45, 7) is 5.48. The van der Waals surface area contributed by atoms with E-state index in [9.17, 15) is 9.59 Å². The van der Waals surface area contributed by atoms with Gasteiger partial charge in [-0.15, -0.1) is 0 Å². The maximum atomic E-state index is 12.2. The second-order valence-corrected chi connectivity index (χ2v) is 5.70. The predicted molar refractivity (Wildman–Crippen MR) is 70.6 cm³/mol. The van der Waals surface area contributed by atoms with E-state index in [1.165, 1.54) is 6.92 Å². The number of aliphatic carboxylic acids is 1. The number of carbonyl (C=O) groups excluding carboxylic acids is 1. The van der Waals surface area contributed by atoms with Crippen molar-refractivity contribution in [1.29, 1.82) is 0 Å². The van der Waals surface area contributed by atoms with Crippen LogP contribution in [0.15, 0.2) is 18.2 Å². The Morgan fingerprint density at radius 2 is 2.11 bits per heavy atom. The lowest BCUT2D eigenvalue weighted by molar-refractivity contribution is -0.141. The van der Waals surface area contributed by atoms with Crippen molar-refractivity contribution in [2.24, 2.45) is 5.92 Å². The number of ketones is 1. The van der Waals surface area contributed by atoms with E-state index in [0.29, 0.717) is 11.3 Å². The molecule has 1 aromatic rings. The summed E-state index contributed by atoms with van der Waals surface area (Å²) in [4.78, 5) is 23.0. The minimum Gasteiger partial charge on any atom is -0.486 e. The number of carboxylic acid groups (broad SMARTS) is 1. The van der Waals surface area contributed by atoms with Gasteiger partial charge in [0.15, 0.2) is 5.78 Å². The predicted octanol–water partition coefficient (Wildman–Crippen LogP) is 2.69. The fraction of sp³-hybridized carbons (Fsp3) is 0.467. The van der Waals surface area contributed by atoms with Gasteiger partial charge in [-0.25, -0.2) is 0 Å². The molecule has 1 aliphatic heterocycles. The molecule has 0 aliphatic carbocycles. The second-order valence-electron chi connectivity index (χ2n) is 5.70. The molecular formula is C15H18O4. The molecule has 1 unspecified atom stereocenters. The van der Waals surface area contributed by atoms with Crippen LogP contribution < -0.4 is 4.74 Å². The molecule has 1 N–H and O–H groups in total. The zero-order valence-electron chi connectivity index (χ0n) is 11.4. The van der Waals surface area contributed by atoms with Crippen molar-refractivity contribution < 1.29 is 19.4 Å². The minimum atomic E-state index is -0.956. The van der Waals surface area contributed by atoms with Crippen LogP contribution in [0.1, 0.15) is 43.1 Å². The summed E-state index contributed by atoms with van der Waals surface area (Å²) in [7, 11) is 0. The van der Waals surface area contributed by atoms with Crippen LogP contribution >= 0.6 is 0 Å². The molecule has 0 aromatic heterocycles. The summed E-state index contributed by atoms with van der Waals surface area (Å²) >= 11 is 0. The van der Waals surface area contributed by atoms with Crippen LogP contribution in [0, 0.1) is 5.92 Å². The Morgan fingerprint density at radius 1 is 1.42 bits per heavy atom. The molecule has 0 saturated carbocycles. The molecule has 1 aromatic carbocycles. The number of carbonyl (C=O) groups is 2. The first-order valence-corrected chi connectivity index (χ1v) is 6.37. The maximum Gasteiger partial charge on any atom is 0.306 e. The normalized spacial score (nSPS) is 17.4. The molecule has 0 saturated heterocycles. The van der Waals surface area contributed by atoms with Gasteiger partial charge in [0.2, 0.25) is 0 Å². The Kier molecular flexibility index (Phi) is 3.35. The average molecular weight is 262 g/mol. The number of ether oxygens (including phenoxy) is 1. The SMILES string of the molecule is CC(CC(=O)c1cccc2c1OC(C)(C)C2)C(=O)O. The highest BCUT2D eigenvalue weighted by atomic mass is 16.5. The summed E-state index contributed by atoms with van der Waals surface area (Å²) in [5.41, 5.74) is 1.20. The number of carboxylic acids is 1. The van der Waals surface area contributed by atoms with Crippen LogP contribution in [0.3, 0.4) is 0 Å². The summed E-state index contributed by atoms with van der Waals surface area (Å²) in [6.07, 6.45) is 0.757. The molecule has 0 fully saturated rings. The fourth-order valence-electron chi connectivity index (χ4n) is 2.31. The molecule has 0 bridgehead atoms. The monoisotopic (exact) mass is 262 g/mol. The van der Waals surface area contributed by atoms with E-state index in [-0.39, 0.29) is 17.8 Å². The van der Waals surface area contributed by atoms with E-state index in [4.69, 9.17) is 9.84 Å². The Bertz CT molecular complexity index is 531. The third-order valence-electron chi connectivity index (χ3n) is 3.30. The molecular weight excluding hydrogens is 244 g/mol. The number of rotatable bonds is 4. The Labute approximate surface area is 112 Å². The van der Waals surface area contributed by atoms with Crippen LogP contribution in [0.5, 0.6) is 5.75 Å². The third-order valence-corrected chi connectivity index (χ3v) is 3.30. The number of Topliss-reactive ketones (excluding diaryl/α,β-unsaturated/α-hetero) is 1. The first-order valence-electron chi connectivity index (χ1n) is 6.37. The first kappa shape index (κ1) is 13.6. The van der Waals surface area contributed by atoms with Gasteiger partial charge in [-0.3, -0.25) is 9.59 Å². The molecule has 4 nitrogen and oxygen atoms in total. The number of benzene rings is 1. The van der Waals surface area contributed by atoms with Crippen LogP contribution in [-0.4, -0.2) is 22.5 Å². The van der Waals surface area contributed by atoms with Crippen LogP contribution in [0.4, 0.5) is 0 Å². The van der Waals surface area contributed by atoms with Crippen LogP contribution in [0.25, 0.3) is 0 Å². The van der Waals surface area contributed by atoms with Crippen molar-refractivity contribution in [3.05, 3.63) is 29.3 Å². The van der Waals surface area contributed by atoms with Crippen molar-refractivity contribution in [3.8, 4) is 5.75 Å². The van der Waals surface area contributed by atoms with Crippen molar-refractivity contribution in [2.45, 2.75) is 39.2 Å². The van der Waals surface area contributed by atoms with Crippen LogP contribution in [0.2, 0.25) is 0 Å². The Balaban J connectivity index is 2.26. The number of hydrogen-bond acceptors (Lipinski definition) is 3. The number of hydrogen-bond donors (Lipinski definition) is 1.